The zero-order valence-corrected chi connectivity index (χ0v) is 17.2. The molecule has 5 nitrogen and oxygen atoms in total. The largest absolute Gasteiger partial charge is 0.378 e. The van der Waals surface area contributed by atoms with E-state index >= 15 is 0 Å². The first kappa shape index (κ1) is 19.5. The van der Waals surface area contributed by atoms with Gasteiger partial charge in [0.15, 0.2) is 5.96 Å². The molecule has 1 fully saturated rings. The molecule has 24 heavy (non-hydrogen) atoms. The van der Waals surface area contributed by atoms with Crippen LogP contribution >= 0.6 is 24.0 Å². The van der Waals surface area contributed by atoms with Crippen molar-refractivity contribution in [3.63, 3.8) is 0 Å². The smallest absolute Gasteiger partial charge is 0.198 e. The van der Waals surface area contributed by atoms with Crippen molar-refractivity contribution in [3.8, 4) is 0 Å². The predicted octanol–water partition coefficient (Wildman–Crippen LogP) is 2.35. The lowest BCUT2D eigenvalue weighted by atomic mass is 10.0. The Balaban J connectivity index is 0.00000208. The highest BCUT2D eigenvalue weighted by Crippen LogP contribution is 2.27. The summed E-state index contributed by atoms with van der Waals surface area (Å²) < 4.78 is 5.59. The van der Waals surface area contributed by atoms with Gasteiger partial charge in [-0.05, 0) is 31.9 Å². The second kappa shape index (κ2) is 8.49. The van der Waals surface area contributed by atoms with E-state index in [1.165, 1.54) is 11.3 Å². The van der Waals surface area contributed by atoms with E-state index in [4.69, 9.17) is 4.74 Å². The monoisotopic (exact) mass is 444 g/mol. The lowest BCUT2D eigenvalue weighted by molar-refractivity contribution is -0.0496. The minimum absolute atomic E-state index is 0. The van der Waals surface area contributed by atoms with E-state index in [1.807, 2.05) is 7.05 Å². The predicted molar refractivity (Wildman–Crippen MR) is 111 cm³/mol. The van der Waals surface area contributed by atoms with E-state index in [-0.39, 0.29) is 29.5 Å². The molecule has 0 bridgehead atoms. The number of ether oxygens (including phenoxy) is 1. The molecule has 2 aliphatic heterocycles. The first-order chi connectivity index (χ1) is 11.1. The number of fused-ring (bicyclic) bond motifs is 1. The summed E-state index contributed by atoms with van der Waals surface area (Å²) in [6.07, 6.45) is 1.09. The molecule has 0 amide bonds. The van der Waals surface area contributed by atoms with Crippen LogP contribution in [0.5, 0.6) is 0 Å². The first-order valence-corrected chi connectivity index (χ1v) is 8.51. The van der Waals surface area contributed by atoms with Gasteiger partial charge in [0.2, 0.25) is 0 Å². The molecule has 3 rings (SSSR count). The van der Waals surface area contributed by atoms with Gasteiger partial charge < -0.3 is 15.0 Å². The zero-order chi connectivity index (χ0) is 16.3. The third kappa shape index (κ3) is 4.21. The third-order valence-electron chi connectivity index (χ3n) is 4.84. The number of nitrogens with one attached hydrogen (secondary N) is 1. The highest BCUT2D eigenvalue weighted by atomic mass is 127. The summed E-state index contributed by atoms with van der Waals surface area (Å²) in [5, 5.41) is 3.53. The Hall–Kier alpha value is -0.860. The van der Waals surface area contributed by atoms with Crippen molar-refractivity contribution in [2.45, 2.75) is 25.8 Å². The van der Waals surface area contributed by atoms with Crippen molar-refractivity contribution in [1.29, 1.82) is 0 Å². The summed E-state index contributed by atoms with van der Waals surface area (Å²) in [7, 11) is 1.86. The Kier molecular flexibility index (Phi) is 6.88. The molecule has 0 saturated carbocycles. The van der Waals surface area contributed by atoms with Gasteiger partial charge in [0.05, 0.1) is 13.2 Å². The maximum atomic E-state index is 5.59. The summed E-state index contributed by atoms with van der Waals surface area (Å²) in [5.41, 5.74) is 2.81. The minimum atomic E-state index is 0. The topological polar surface area (TPSA) is 40.1 Å². The van der Waals surface area contributed by atoms with Gasteiger partial charge in [-0.2, -0.15) is 0 Å². The minimum Gasteiger partial charge on any atom is -0.378 e. The van der Waals surface area contributed by atoms with Crippen LogP contribution in [0.2, 0.25) is 0 Å². The Morgan fingerprint density at radius 3 is 2.83 bits per heavy atom. The highest BCUT2D eigenvalue weighted by Gasteiger charge is 2.30. The SMILES string of the molecule is CN=C(NCCN1CCOCC1(C)C)N1CCc2ccccc21.I. The summed E-state index contributed by atoms with van der Waals surface area (Å²) >= 11 is 0. The molecule has 1 aromatic rings. The van der Waals surface area contributed by atoms with Crippen LogP contribution in [0.25, 0.3) is 0 Å². The Morgan fingerprint density at radius 2 is 2.08 bits per heavy atom. The lowest BCUT2D eigenvalue weighted by Crippen LogP contribution is -2.55. The van der Waals surface area contributed by atoms with Gasteiger partial charge in [0, 0.05) is 44.5 Å². The molecule has 1 saturated heterocycles. The lowest BCUT2D eigenvalue weighted by Gasteiger charge is -2.42. The average molecular weight is 444 g/mol. The summed E-state index contributed by atoms with van der Waals surface area (Å²) in [6.45, 7) is 10.0. The summed E-state index contributed by atoms with van der Waals surface area (Å²) in [6, 6.07) is 8.60. The van der Waals surface area contributed by atoms with E-state index < -0.39 is 0 Å². The fourth-order valence-electron chi connectivity index (χ4n) is 3.46. The van der Waals surface area contributed by atoms with Crippen LogP contribution < -0.4 is 10.2 Å². The Morgan fingerprint density at radius 1 is 1.29 bits per heavy atom. The number of rotatable bonds is 3. The quantitative estimate of drug-likeness (QED) is 0.442. The third-order valence-corrected chi connectivity index (χ3v) is 4.84. The number of guanidine groups is 1. The van der Waals surface area contributed by atoms with Gasteiger partial charge in [-0.1, -0.05) is 18.2 Å². The van der Waals surface area contributed by atoms with Crippen LogP contribution in [0.1, 0.15) is 19.4 Å². The van der Waals surface area contributed by atoms with Crippen molar-refractivity contribution < 1.29 is 4.74 Å². The molecular weight excluding hydrogens is 415 g/mol. The Labute approximate surface area is 162 Å². The van der Waals surface area contributed by atoms with Gasteiger partial charge in [-0.3, -0.25) is 9.89 Å². The number of nitrogens with zero attached hydrogens (tertiary/aromatic N) is 3. The average Bonchev–Trinajstić information content (AvgIpc) is 2.97. The molecule has 1 aromatic carbocycles. The first-order valence-electron chi connectivity index (χ1n) is 8.51. The van der Waals surface area contributed by atoms with Gasteiger partial charge in [0.25, 0.3) is 0 Å². The van der Waals surface area contributed by atoms with Crippen molar-refractivity contribution in [1.82, 2.24) is 10.2 Å². The zero-order valence-electron chi connectivity index (χ0n) is 14.9. The summed E-state index contributed by atoms with van der Waals surface area (Å²) in [4.78, 5) is 9.26. The number of hydrogen-bond donors (Lipinski definition) is 1. The molecular formula is C18H29IN4O. The number of aliphatic imine (C=N–C) groups is 1. The molecule has 6 heteroatoms. The van der Waals surface area contributed by atoms with Gasteiger partial charge in [-0.15, -0.1) is 24.0 Å². The normalized spacial score (nSPS) is 20.5. The van der Waals surface area contributed by atoms with E-state index in [9.17, 15) is 0 Å². The second-order valence-corrected chi connectivity index (χ2v) is 6.86. The van der Waals surface area contributed by atoms with Crippen LogP contribution in [0.3, 0.4) is 0 Å². The number of para-hydroxylation sites is 1. The van der Waals surface area contributed by atoms with Crippen LogP contribution in [0.4, 0.5) is 5.69 Å². The molecule has 0 unspecified atom stereocenters. The number of morpholine rings is 1. The molecule has 0 aromatic heterocycles. The molecule has 0 aliphatic carbocycles. The fraction of sp³-hybridized carbons (Fsp3) is 0.611. The highest BCUT2D eigenvalue weighted by molar-refractivity contribution is 14.0. The molecule has 0 atom stereocenters. The standard InChI is InChI=1S/C18H28N4O.HI/c1-18(2)14-23-13-12-21(18)11-9-20-17(19-3)22-10-8-15-6-4-5-7-16(15)22;/h4-7H,8-14H2,1-3H3,(H,19,20);1H. The van der Waals surface area contributed by atoms with Crippen molar-refractivity contribution >= 4 is 35.6 Å². The van der Waals surface area contributed by atoms with E-state index in [2.05, 4.69) is 58.2 Å². The second-order valence-electron chi connectivity index (χ2n) is 6.86. The molecule has 1 N–H and O–H groups in total. The van der Waals surface area contributed by atoms with E-state index in [0.717, 1.165) is 51.8 Å². The van der Waals surface area contributed by atoms with E-state index in [0.29, 0.717) is 0 Å². The van der Waals surface area contributed by atoms with Gasteiger partial charge >= 0.3 is 0 Å². The van der Waals surface area contributed by atoms with Crippen LogP contribution in [0.15, 0.2) is 29.3 Å². The van der Waals surface area contributed by atoms with Crippen LogP contribution in [-0.2, 0) is 11.2 Å². The van der Waals surface area contributed by atoms with E-state index in [1.54, 1.807) is 0 Å². The Bertz CT molecular complexity index is 576. The maximum Gasteiger partial charge on any atom is 0.198 e. The molecule has 2 heterocycles. The molecule has 134 valence electrons. The maximum absolute atomic E-state index is 5.59. The fourth-order valence-corrected chi connectivity index (χ4v) is 3.46. The van der Waals surface area contributed by atoms with Crippen molar-refractivity contribution in [2.24, 2.45) is 4.99 Å². The van der Waals surface area contributed by atoms with Crippen molar-refractivity contribution in [3.05, 3.63) is 29.8 Å². The van der Waals surface area contributed by atoms with Gasteiger partial charge in [0.1, 0.15) is 0 Å². The molecule has 0 radical (unpaired) electrons. The van der Waals surface area contributed by atoms with Gasteiger partial charge in [-0.25, -0.2) is 0 Å². The number of hydrogen-bond acceptors (Lipinski definition) is 3. The molecule has 0 spiro atoms. The number of anilines is 1. The number of halogens is 1. The van der Waals surface area contributed by atoms with Crippen LogP contribution in [-0.4, -0.2) is 62.8 Å². The summed E-state index contributed by atoms with van der Waals surface area (Å²) in [5.74, 6) is 0.973. The van der Waals surface area contributed by atoms with Crippen LogP contribution in [0, 0.1) is 0 Å². The molecule has 2 aliphatic rings. The number of benzene rings is 1. The van der Waals surface area contributed by atoms with Crippen molar-refractivity contribution in [2.75, 3.05) is 51.3 Å².